The lowest BCUT2D eigenvalue weighted by atomic mass is 9.91. The summed E-state index contributed by atoms with van der Waals surface area (Å²) in [7, 11) is 0. The molecule has 1 aliphatic carbocycles. The molecule has 0 spiro atoms. The predicted octanol–water partition coefficient (Wildman–Crippen LogP) is 2.64. The van der Waals surface area contributed by atoms with Gasteiger partial charge in [-0.3, -0.25) is 4.90 Å². The Balaban J connectivity index is 1.52. The highest BCUT2D eigenvalue weighted by Gasteiger charge is 2.34. The average molecular weight is 319 g/mol. The van der Waals surface area contributed by atoms with Crippen molar-refractivity contribution in [1.82, 2.24) is 4.90 Å². The van der Waals surface area contributed by atoms with Gasteiger partial charge in [0.05, 0.1) is 18.8 Å². The Hall–Kier alpha value is -1.10. The summed E-state index contributed by atoms with van der Waals surface area (Å²) in [5.74, 6) is 0.356. The Labute approximate surface area is 139 Å². The molecule has 1 saturated heterocycles. The molecule has 1 aromatic carbocycles. The summed E-state index contributed by atoms with van der Waals surface area (Å²) in [6, 6.07) is 6.25. The molecule has 0 bridgehead atoms. The standard InChI is InChI=1S/C19H29NO3/c1-14-12-15(6-7-18(14)22)9-11-23-19-5-3-2-4-17(19)20-10-8-16(21)13-20/h6-7,12,16-17,19,21-22H,2-5,8-11,13H2,1H3/t16-,17-,19-/m1/s1. The fourth-order valence-corrected chi connectivity index (χ4v) is 3.96. The van der Waals surface area contributed by atoms with Crippen LogP contribution in [0, 0.1) is 6.92 Å². The number of benzene rings is 1. The molecule has 1 heterocycles. The number of phenols is 1. The second-order valence-electron chi connectivity index (χ2n) is 7.07. The lowest BCUT2D eigenvalue weighted by Crippen LogP contribution is -2.46. The number of aryl methyl sites for hydroxylation is 1. The smallest absolute Gasteiger partial charge is 0.118 e. The molecule has 0 amide bonds. The van der Waals surface area contributed by atoms with Crippen LogP contribution in [0.15, 0.2) is 18.2 Å². The van der Waals surface area contributed by atoms with Crippen LogP contribution in [0.4, 0.5) is 0 Å². The van der Waals surface area contributed by atoms with Crippen molar-refractivity contribution in [3.63, 3.8) is 0 Å². The number of aliphatic hydroxyl groups is 1. The molecule has 2 fully saturated rings. The zero-order valence-corrected chi connectivity index (χ0v) is 14.1. The van der Waals surface area contributed by atoms with Crippen LogP contribution in [0.3, 0.4) is 0 Å². The Morgan fingerprint density at radius 2 is 2.04 bits per heavy atom. The van der Waals surface area contributed by atoms with Crippen molar-refractivity contribution in [2.24, 2.45) is 0 Å². The Morgan fingerprint density at radius 1 is 1.22 bits per heavy atom. The number of phenolic OH excluding ortho intramolecular Hbond substituents is 1. The summed E-state index contributed by atoms with van der Waals surface area (Å²) in [6.07, 6.45) is 6.76. The van der Waals surface area contributed by atoms with Crippen LogP contribution in [0.5, 0.6) is 5.75 Å². The molecule has 2 aliphatic rings. The largest absolute Gasteiger partial charge is 0.508 e. The molecular formula is C19H29NO3. The first-order valence-electron chi connectivity index (χ1n) is 8.95. The van der Waals surface area contributed by atoms with E-state index in [9.17, 15) is 10.2 Å². The van der Waals surface area contributed by atoms with Gasteiger partial charge in [0, 0.05) is 19.1 Å². The summed E-state index contributed by atoms with van der Waals surface area (Å²) in [6.45, 7) is 4.46. The van der Waals surface area contributed by atoms with Gasteiger partial charge in [0.2, 0.25) is 0 Å². The zero-order chi connectivity index (χ0) is 16.2. The first kappa shape index (κ1) is 16.7. The summed E-state index contributed by atoms with van der Waals surface area (Å²) < 4.78 is 6.23. The fourth-order valence-electron chi connectivity index (χ4n) is 3.96. The van der Waals surface area contributed by atoms with Crippen LogP contribution in [-0.2, 0) is 11.2 Å². The number of likely N-dealkylation sites (tertiary alicyclic amines) is 1. The van der Waals surface area contributed by atoms with Crippen molar-refractivity contribution in [2.75, 3.05) is 19.7 Å². The minimum absolute atomic E-state index is 0.155. The normalized spacial score (nSPS) is 29.0. The van der Waals surface area contributed by atoms with Gasteiger partial charge in [0.25, 0.3) is 0 Å². The van der Waals surface area contributed by atoms with E-state index in [-0.39, 0.29) is 6.10 Å². The number of ether oxygens (including phenoxy) is 1. The second kappa shape index (κ2) is 7.65. The van der Waals surface area contributed by atoms with Crippen molar-refractivity contribution in [3.8, 4) is 5.75 Å². The molecule has 0 radical (unpaired) electrons. The topological polar surface area (TPSA) is 52.9 Å². The lowest BCUT2D eigenvalue weighted by molar-refractivity contribution is -0.0316. The third kappa shape index (κ3) is 4.25. The van der Waals surface area contributed by atoms with Crippen molar-refractivity contribution >= 4 is 0 Å². The first-order chi connectivity index (χ1) is 11.1. The molecule has 0 aromatic heterocycles. The zero-order valence-electron chi connectivity index (χ0n) is 14.1. The van der Waals surface area contributed by atoms with E-state index in [0.717, 1.165) is 44.5 Å². The van der Waals surface area contributed by atoms with Gasteiger partial charge in [-0.05, 0) is 49.8 Å². The number of aliphatic hydroxyl groups excluding tert-OH is 1. The molecular weight excluding hydrogens is 290 g/mol. The quantitative estimate of drug-likeness (QED) is 0.876. The minimum Gasteiger partial charge on any atom is -0.508 e. The van der Waals surface area contributed by atoms with Crippen molar-refractivity contribution < 1.29 is 14.9 Å². The minimum atomic E-state index is -0.155. The average Bonchev–Trinajstić information content (AvgIpc) is 2.98. The maximum Gasteiger partial charge on any atom is 0.118 e. The summed E-state index contributed by atoms with van der Waals surface area (Å²) in [4.78, 5) is 2.43. The van der Waals surface area contributed by atoms with Crippen LogP contribution in [0.2, 0.25) is 0 Å². The lowest BCUT2D eigenvalue weighted by Gasteiger charge is -2.37. The van der Waals surface area contributed by atoms with E-state index in [2.05, 4.69) is 4.90 Å². The maximum absolute atomic E-state index is 9.79. The van der Waals surface area contributed by atoms with Gasteiger partial charge >= 0.3 is 0 Å². The van der Waals surface area contributed by atoms with Crippen LogP contribution in [0.1, 0.15) is 43.2 Å². The summed E-state index contributed by atoms with van der Waals surface area (Å²) in [5, 5.41) is 19.4. The fraction of sp³-hybridized carbons (Fsp3) is 0.684. The maximum atomic E-state index is 9.79. The van der Waals surface area contributed by atoms with Gasteiger partial charge in [-0.15, -0.1) is 0 Å². The third-order valence-corrected chi connectivity index (χ3v) is 5.32. The summed E-state index contributed by atoms with van der Waals surface area (Å²) >= 11 is 0. The molecule has 3 atom stereocenters. The molecule has 128 valence electrons. The van der Waals surface area contributed by atoms with E-state index in [4.69, 9.17) is 4.74 Å². The van der Waals surface area contributed by atoms with Gasteiger partial charge in [-0.2, -0.15) is 0 Å². The van der Waals surface area contributed by atoms with Crippen molar-refractivity contribution in [2.45, 2.75) is 63.7 Å². The Morgan fingerprint density at radius 3 is 2.78 bits per heavy atom. The molecule has 3 rings (SSSR count). The molecule has 23 heavy (non-hydrogen) atoms. The number of β-amino-alcohol motifs (C(OH)–C–C–N with tert-alkyl or cyclic N) is 1. The molecule has 1 aliphatic heterocycles. The van der Waals surface area contributed by atoms with Gasteiger partial charge in [0.1, 0.15) is 5.75 Å². The van der Waals surface area contributed by atoms with E-state index >= 15 is 0 Å². The second-order valence-corrected chi connectivity index (χ2v) is 7.07. The van der Waals surface area contributed by atoms with E-state index in [1.807, 2.05) is 19.1 Å². The number of hydrogen-bond acceptors (Lipinski definition) is 4. The van der Waals surface area contributed by atoms with Gasteiger partial charge in [0.15, 0.2) is 0 Å². The SMILES string of the molecule is Cc1cc(CCO[C@@H]2CCCC[C@H]2N2CC[C@@H](O)C2)ccc1O. The molecule has 1 aromatic rings. The van der Waals surface area contributed by atoms with Crippen LogP contribution >= 0.6 is 0 Å². The first-order valence-corrected chi connectivity index (χ1v) is 8.95. The molecule has 4 nitrogen and oxygen atoms in total. The van der Waals surface area contributed by atoms with E-state index in [0.29, 0.717) is 17.9 Å². The molecule has 1 saturated carbocycles. The Bertz CT molecular complexity index is 519. The highest BCUT2D eigenvalue weighted by Crippen LogP contribution is 2.28. The molecule has 2 N–H and O–H groups in total. The highest BCUT2D eigenvalue weighted by molar-refractivity contribution is 5.34. The monoisotopic (exact) mass is 319 g/mol. The number of nitrogens with zero attached hydrogens (tertiary/aromatic N) is 1. The third-order valence-electron chi connectivity index (χ3n) is 5.32. The molecule has 0 unspecified atom stereocenters. The predicted molar refractivity (Wildman–Crippen MR) is 90.7 cm³/mol. The number of aromatic hydroxyl groups is 1. The van der Waals surface area contributed by atoms with Crippen molar-refractivity contribution in [1.29, 1.82) is 0 Å². The van der Waals surface area contributed by atoms with E-state index in [1.165, 1.54) is 24.8 Å². The van der Waals surface area contributed by atoms with Crippen LogP contribution < -0.4 is 0 Å². The highest BCUT2D eigenvalue weighted by atomic mass is 16.5. The molecule has 4 heteroatoms. The van der Waals surface area contributed by atoms with Crippen molar-refractivity contribution in [3.05, 3.63) is 29.3 Å². The van der Waals surface area contributed by atoms with Crippen LogP contribution in [0.25, 0.3) is 0 Å². The summed E-state index contributed by atoms with van der Waals surface area (Å²) in [5.41, 5.74) is 2.13. The Kier molecular flexibility index (Phi) is 5.57. The van der Waals surface area contributed by atoms with Gasteiger partial charge < -0.3 is 14.9 Å². The van der Waals surface area contributed by atoms with Crippen LogP contribution in [-0.4, -0.2) is 53.1 Å². The van der Waals surface area contributed by atoms with Gasteiger partial charge in [-0.25, -0.2) is 0 Å². The number of hydrogen-bond donors (Lipinski definition) is 2. The van der Waals surface area contributed by atoms with E-state index < -0.39 is 0 Å². The number of rotatable bonds is 5. The van der Waals surface area contributed by atoms with Gasteiger partial charge in [-0.1, -0.05) is 25.0 Å². The van der Waals surface area contributed by atoms with E-state index in [1.54, 1.807) is 6.07 Å².